The number of carbonyl (C=O) groups is 1. The maximum Gasteiger partial charge on any atom is 0.251 e. The second-order valence-electron chi connectivity index (χ2n) is 9.32. The third kappa shape index (κ3) is 4.42. The lowest BCUT2D eigenvalue weighted by atomic mass is 10.0. The number of benzene rings is 2. The van der Waals surface area contributed by atoms with Gasteiger partial charge in [0.05, 0.1) is 12.1 Å². The minimum atomic E-state index is -0.0551. The van der Waals surface area contributed by atoms with E-state index in [1.165, 1.54) is 0 Å². The molecule has 4 heterocycles. The summed E-state index contributed by atoms with van der Waals surface area (Å²) >= 11 is 0. The van der Waals surface area contributed by atoms with Gasteiger partial charge < -0.3 is 9.73 Å². The zero-order chi connectivity index (χ0) is 23.8. The van der Waals surface area contributed by atoms with Crippen molar-refractivity contribution in [2.45, 2.75) is 32.4 Å². The van der Waals surface area contributed by atoms with E-state index < -0.39 is 0 Å². The van der Waals surface area contributed by atoms with Crippen LogP contribution in [0.5, 0.6) is 0 Å². The van der Waals surface area contributed by atoms with Crippen LogP contribution >= 0.6 is 0 Å². The third-order valence-electron chi connectivity index (χ3n) is 6.69. The summed E-state index contributed by atoms with van der Waals surface area (Å²) in [5, 5.41) is 12.9. The van der Waals surface area contributed by atoms with Gasteiger partial charge in [-0.25, -0.2) is 0 Å². The topological polar surface area (TPSA) is 87.0 Å². The van der Waals surface area contributed by atoms with Gasteiger partial charge in [0.1, 0.15) is 17.0 Å². The summed E-state index contributed by atoms with van der Waals surface area (Å²) in [6.45, 7) is 4.51. The summed E-state index contributed by atoms with van der Waals surface area (Å²) in [5.74, 6) is 0.906. The number of carbonyl (C=O) groups excluding carboxylic acids is 1. The van der Waals surface area contributed by atoms with Crippen molar-refractivity contribution >= 4 is 27.8 Å². The Morgan fingerprint density at radius 1 is 1.17 bits per heavy atom. The van der Waals surface area contributed by atoms with E-state index >= 15 is 0 Å². The second-order valence-corrected chi connectivity index (χ2v) is 9.32. The van der Waals surface area contributed by atoms with Crippen molar-refractivity contribution < 1.29 is 9.21 Å². The molecular formula is C28H27N5O2. The van der Waals surface area contributed by atoms with Crippen molar-refractivity contribution in [1.29, 1.82) is 0 Å². The number of rotatable bonds is 5. The van der Waals surface area contributed by atoms with E-state index in [0.29, 0.717) is 5.56 Å². The molecule has 6 rings (SSSR count). The highest BCUT2D eigenvalue weighted by atomic mass is 16.3. The molecule has 35 heavy (non-hydrogen) atoms. The second kappa shape index (κ2) is 9.00. The number of hydrogen-bond donors (Lipinski definition) is 2. The van der Waals surface area contributed by atoms with E-state index in [2.05, 4.69) is 37.5 Å². The van der Waals surface area contributed by atoms with Crippen LogP contribution in [0.25, 0.3) is 33.1 Å². The quantitative estimate of drug-likeness (QED) is 0.378. The number of aromatic nitrogens is 3. The highest BCUT2D eigenvalue weighted by molar-refractivity contribution is 6.01. The van der Waals surface area contributed by atoms with Gasteiger partial charge in [-0.05, 0) is 68.8 Å². The minimum absolute atomic E-state index is 0.0551. The van der Waals surface area contributed by atoms with Gasteiger partial charge in [0.25, 0.3) is 5.91 Å². The van der Waals surface area contributed by atoms with Gasteiger partial charge in [0.2, 0.25) is 0 Å². The van der Waals surface area contributed by atoms with Crippen LogP contribution in [0.3, 0.4) is 0 Å². The van der Waals surface area contributed by atoms with Crippen LogP contribution in [0.15, 0.2) is 71.3 Å². The fraction of sp³-hybridized carbons (Fsp3) is 0.250. The van der Waals surface area contributed by atoms with Crippen LogP contribution in [0.4, 0.5) is 0 Å². The first-order valence-corrected chi connectivity index (χ1v) is 12.0. The minimum Gasteiger partial charge on any atom is -0.460 e. The van der Waals surface area contributed by atoms with E-state index in [1.807, 2.05) is 55.5 Å². The predicted octanol–water partition coefficient (Wildman–Crippen LogP) is 5.07. The van der Waals surface area contributed by atoms with Crippen LogP contribution in [0.1, 0.15) is 34.7 Å². The smallest absolute Gasteiger partial charge is 0.251 e. The molecule has 1 saturated heterocycles. The molecule has 7 nitrogen and oxygen atoms in total. The van der Waals surface area contributed by atoms with E-state index in [9.17, 15) is 4.79 Å². The maximum atomic E-state index is 13.2. The summed E-state index contributed by atoms with van der Waals surface area (Å²) in [5.41, 5.74) is 5.20. The largest absolute Gasteiger partial charge is 0.460 e. The molecule has 1 aliphatic rings. The first kappa shape index (κ1) is 21.6. The van der Waals surface area contributed by atoms with Crippen molar-refractivity contribution in [3.05, 3.63) is 83.9 Å². The van der Waals surface area contributed by atoms with Crippen molar-refractivity contribution in [2.24, 2.45) is 0 Å². The summed E-state index contributed by atoms with van der Waals surface area (Å²) < 4.78 is 6.00. The van der Waals surface area contributed by atoms with E-state index in [-0.39, 0.29) is 11.9 Å². The van der Waals surface area contributed by atoms with Crippen molar-refractivity contribution in [2.75, 3.05) is 13.1 Å². The molecule has 2 N–H and O–H groups in total. The van der Waals surface area contributed by atoms with Crippen molar-refractivity contribution in [3.8, 4) is 11.3 Å². The molecule has 2 aromatic carbocycles. The number of piperidine rings is 1. The Bertz CT molecular complexity index is 1490. The molecule has 7 heteroatoms. The monoisotopic (exact) mass is 465 g/mol. The zero-order valence-corrected chi connectivity index (χ0v) is 19.6. The molecule has 0 radical (unpaired) electrons. The number of aromatic amines is 1. The Morgan fingerprint density at radius 3 is 2.97 bits per heavy atom. The molecule has 176 valence electrons. The Morgan fingerprint density at radius 2 is 2.09 bits per heavy atom. The molecule has 3 aromatic heterocycles. The number of likely N-dealkylation sites (tertiary alicyclic amines) is 1. The van der Waals surface area contributed by atoms with Crippen LogP contribution in [-0.4, -0.2) is 45.1 Å². The summed E-state index contributed by atoms with van der Waals surface area (Å²) in [6.07, 6.45) is 3.79. The number of pyridine rings is 1. The highest BCUT2D eigenvalue weighted by Crippen LogP contribution is 2.27. The van der Waals surface area contributed by atoms with E-state index in [1.54, 1.807) is 6.20 Å². The van der Waals surface area contributed by atoms with Crippen LogP contribution < -0.4 is 5.32 Å². The maximum absolute atomic E-state index is 13.2. The molecule has 1 amide bonds. The van der Waals surface area contributed by atoms with E-state index in [0.717, 1.165) is 77.1 Å². The molecule has 0 aliphatic carbocycles. The number of aryl methyl sites for hydroxylation is 1. The first-order chi connectivity index (χ1) is 17.1. The van der Waals surface area contributed by atoms with Crippen LogP contribution in [0, 0.1) is 6.92 Å². The Kier molecular flexibility index (Phi) is 5.54. The number of nitrogens with zero attached hydrogens (tertiary/aromatic N) is 3. The Balaban J connectivity index is 1.16. The predicted molar refractivity (Wildman–Crippen MR) is 136 cm³/mol. The molecular weight excluding hydrogens is 438 g/mol. The number of hydrogen-bond acceptors (Lipinski definition) is 5. The lowest BCUT2D eigenvalue weighted by Crippen LogP contribution is -2.47. The fourth-order valence-corrected chi connectivity index (χ4v) is 4.99. The SMILES string of the molecule is Cc1cc(-c2n[nH]c3ccc(C(=O)N[C@@H]4CCCN(Cc5cc6ccccc6o5)C4)cc23)ccn1. The lowest BCUT2D eigenvalue weighted by Gasteiger charge is -2.32. The number of fused-ring (bicyclic) bond motifs is 2. The third-order valence-corrected chi connectivity index (χ3v) is 6.69. The fourth-order valence-electron chi connectivity index (χ4n) is 4.99. The number of amides is 1. The summed E-state index contributed by atoms with van der Waals surface area (Å²) in [4.78, 5) is 19.8. The van der Waals surface area contributed by atoms with Gasteiger partial charge in [-0.2, -0.15) is 5.10 Å². The van der Waals surface area contributed by atoms with Gasteiger partial charge in [0.15, 0.2) is 0 Å². The molecule has 0 unspecified atom stereocenters. The number of nitrogens with one attached hydrogen (secondary N) is 2. The van der Waals surface area contributed by atoms with Crippen molar-refractivity contribution in [3.63, 3.8) is 0 Å². The van der Waals surface area contributed by atoms with Crippen LogP contribution in [-0.2, 0) is 6.54 Å². The average molecular weight is 466 g/mol. The standard InChI is InChI=1S/C28H27N5O2/c1-18-13-20(10-11-29-18)27-24-15-21(8-9-25(24)31-32-27)28(34)30-22-6-4-12-33(16-22)17-23-14-19-5-2-3-7-26(19)35-23/h2-3,5,7-11,13-15,22H,4,6,12,16-17H2,1H3,(H,30,34)(H,31,32)/t22-/m1/s1. The lowest BCUT2D eigenvalue weighted by molar-refractivity contribution is 0.0898. The normalized spacial score (nSPS) is 16.7. The molecule has 1 fully saturated rings. The summed E-state index contributed by atoms with van der Waals surface area (Å²) in [6, 6.07) is 19.9. The van der Waals surface area contributed by atoms with E-state index in [4.69, 9.17) is 4.42 Å². The Labute approximate surface area is 203 Å². The van der Waals surface area contributed by atoms with Crippen LogP contribution in [0.2, 0.25) is 0 Å². The van der Waals surface area contributed by atoms with Gasteiger partial charge in [-0.3, -0.25) is 19.8 Å². The molecule has 1 atom stereocenters. The van der Waals surface area contributed by atoms with Gasteiger partial charge in [0, 0.05) is 46.4 Å². The van der Waals surface area contributed by atoms with Gasteiger partial charge in [-0.1, -0.05) is 18.2 Å². The molecule has 0 bridgehead atoms. The number of para-hydroxylation sites is 1. The zero-order valence-electron chi connectivity index (χ0n) is 19.6. The Hall–Kier alpha value is -3.97. The van der Waals surface area contributed by atoms with Gasteiger partial charge >= 0.3 is 0 Å². The highest BCUT2D eigenvalue weighted by Gasteiger charge is 2.23. The number of H-pyrrole nitrogens is 1. The molecule has 0 saturated carbocycles. The average Bonchev–Trinajstić information content (AvgIpc) is 3.47. The van der Waals surface area contributed by atoms with Crippen molar-refractivity contribution in [1.82, 2.24) is 25.4 Å². The molecule has 1 aliphatic heterocycles. The molecule has 0 spiro atoms. The summed E-state index contributed by atoms with van der Waals surface area (Å²) in [7, 11) is 0. The van der Waals surface area contributed by atoms with Gasteiger partial charge in [-0.15, -0.1) is 0 Å². The first-order valence-electron chi connectivity index (χ1n) is 12.0. The molecule has 5 aromatic rings. The number of furan rings is 1.